The van der Waals surface area contributed by atoms with E-state index in [4.69, 9.17) is 22.7 Å². The van der Waals surface area contributed by atoms with Crippen molar-refractivity contribution >= 4 is 17.2 Å². The average molecular weight is 305 g/mol. The molecule has 3 heteroatoms. The Labute approximate surface area is 134 Å². The summed E-state index contributed by atoms with van der Waals surface area (Å²) < 4.78 is 6.38. The first-order valence-electron chi connectivity index (χ1n) is 7.95. The molecule has 1 aliphatic rings. The zero-order valence-electron chi connectivity index (χ0n) is 13.6. The summed E-state index contributed by atoms with van der Waals surface area (Å²) in [7, 11) is 0. The summed E-state index contributed by atoms with van der Waals surface area (Å²) in [6.45, 7) is 8.95. The van der Waals surface area contributed by atoms with E-state index < -0.39 is 0 Å². The van der Waals surface area contributed by atoms with Gasteiger partial charge in [0.15, 0.2) is 0 Å². The van der Waals surface area contributed by atoms with Crippen molar-refractivity contribution < 1.29 is 4.74 Å². The molecule has 2 rings (SSSR count). The second-order valence-electron chi connectivity index (χ2n) is 6.85. The molecule has 3 unspecified atom stereocenters. The Morgan fingerprint density at radius 2 is 2.05 bits per heavy atom. The van der Waals surface area contributed by atoms with Gasteiger partial charge in [-0.05, 0) is 49.7 Å². The quantitative estimate of drug-likeness (QED) is 0.834. The Morgan fingerprint density at radius 1 is 1.33 bits per heavy atom. The van der Waals surface area contributed by atoms with E-state index in [2.05, 4.69) is 26.8 Å². The van der Waals surface area contributed by atoms with Gasteiger partial charge in [-0.15, -0.1) is 0 Å². The number of hydrogen-bond acceptors (Lipinski definition) is 2. The summed E-state index contributed by atoms with van der Waals surface area (Å²) in [6.07, 6.45) is 3.94. The number of nitrogens with two attached hydrogens (primary N) is 1. The lowest BCUT2D eigenvalue weighted by Gasteiger charge is -2.37. The number of rotatable bonds is 4. The molecule has 0 bridgehead atoms. The third-order valence-corrected chi connectivity index (χ3v) is 4.86. The van der Waals surface area contributed by atoms with Crippen molar-refractivity contribution in [3.05, 3.63) is 29.3 Å². The number of aryl methyl sites for hydroxylation is 1. The van der Waals surface area contributed by atoms with Gasteiger partial charge in [0.1, 0.15) is 16.8 Å². The first-order valence-corrected chi connectivity index (χ1v) is 8.36. The molecular formula is C18H27NOS. The number of hydrogen-bond donors (Lipinski definition) is 1. The van der Waals surface area contributed by atoms with E-state index in [0.717, 1.165) is 29.2 Å². The molecule has 21 heavy (non-hydrogen) atoms. The maximum Gasteiger partial charge on any atom is 0.129 e. The van der Waals surface area contributed by atoms with Crippen LogP contribution in [-0.4, -0.2) is 11.1 Å². The van der Waals surface area contributed by atoms with Crippen LogP contribution in [-0.2, 0) is 0 Å². The Morgan fingerprint density at radius 3 is 2.67 bits per heavy atom. The third-order valence-electron chi connectivity index (χ3n) is 4.64. The van der Waals surface area contributed by atoms with Gasteiger partial charge in [0.2, 0.25) is 0 Å². The van der Waals surface area contributed by atoms with Crippen molar-refractivity contribution in [2.24, 2.45) is 23.5 Å². The summed E-state index contributed by atoms with van der Waals surface area (Å²) in [5, 5.41) is 0. The van der Waals surface area contributed by atoms with Gasteiger partial charge in [0.25, 0.3) is 0 Å². The van der Waals surface area contributed by atoms with Crippen molar-refractivity contribution in [2.45, 2.75) is 53.1 Å². The highest BCUT2D eigenvalue weighted by atomic mass is 32.1. The minimum atomic E-state index is 0.268. The highest BCUT2D eigenvalue weighted by Gasteiger charge is 2.32. The Balaban J connectivity index is 2.24. The molecule has 0 aromatic heterocycles. The predicted octanol–water partition coefficient (Wildman–Crippen LogP) is 4.47. The van der Waals surface area contributed by atoms with Crippen LogP contribution in [0.25, 0.3) is 0 Å². The van der Waals surface area contributed by atoms with Crippen LogP contribution in [0.3, 0.4) is 0 Å². The molecule has 1 aromatic carbocycles. The Bertz CT molecular complexity index is 512. The number of benzene rings is 1. The molecule has 1 saturated carbocycles. The fourth-order valence-corrected chi connectivity index (χ4v) is 3.51. The van der Waals surface area contributed by atoms with Crippen LogP contribution in [0.4, 0.5) is 0 Å². The third kappa shape index (κ3) is 3.97. The van der Waals surface area contributed by atoms with Gasteiger partial charge in [-0.25, -0.2) is 0 Å². The van der Waals surface area contributed by atoms with Crippen LogP contribution in [0.5, 0.6) is 5.75 Å². The van der Waals surface area contributed by atoms with Gasteiger partial charge in [0, 0.05) is 0 Å². The van der Waals surface area contributed by atoms with E-state index in [9.17, 15) is 0 Å². The largest absolute Gasteiger partial charge is 0.489 e. The van der Waals surface area contributed by atoms with E-state index in [1.54, 1.807) is 0 Å². The molecule has 0 heterocycles. The van der Waals surface area contributed by atoms with Crippen LogP contribution in [0, 0.1) is 24.7 Å². The smallest absolute Gasteiger partial charge is 0.129 e. The minimum absolute atomic E-state index is 0.268. The predicted molar refractivity (Wildman–Crippen MR) is 92.8 cm³/mol. The van der Waals surface area contributed by atoms with Gasteiger partial charge in [-0.2, -0.15) is 0 Å². The monoisotopic (exact) mass is 305 g/mol. The van der Waals surface area contributed by atoms with Crippen LogP contribution < -0.4 is 10.5 Å². The fourth-order valence-electron chi connectivity index (χ4n) is 3.35. The summed E-state index contributed by atoms with van der Waals surface area (Å²) in [5.74, 6) is 2.82. The van der Waals surface area contributed by atoms with Crippen LogP contribution in [0.2, 0.25) is 0 Å². The van der Waals surface area contributed by atoms with Gasteiger partial charge in [-0.3, -0.25) is 0 Å². The molecule has 1 aliphatic carbocycles. The molecular weight excluding hydrogens is 278 g/mol. The number of thiocarbonyl (C=S) groups is 1. The fraction of sp³-hybridized carbons (Fsp3) is 0.611. The maximum atomic E-state index is 6.38. The van der Waals surface area contributed by atoms with E-state index >= 15 is 0 Å². The minimum Gasteiger partial charge on any atom is -0.489 e. The molecule has 1 fully saturated rings. The van der Waals surface area contributed by atoms with Gasteiger partial charge in [0.05, 0.1) is 5.56 Å². The van der Waals surface area contributed by atoms with E-state index in [1.807, 2.05) is 19.1 Å². The van der Waals surface area contributed by atoms with Crippen molar-refractivity contribution in [3.63, 3.8) is 0 Å². The molecule has 0 amide bonds. The molecule has 116 valence electrons. The van der Waals surface area contributed by atoms with Crippen LogP contribution in [0.1, 0.15) is 51.2 Å². The molecule has 1 aromatic rings. The number of ether oxygens (including phenoxy) is 1. The van der Waals surface area contributed by atoms with Crippen LogP contribution >= 0.6 is 12.2 Å². The summed E-state index contributed by atoms with van der Waals surface area (Å²) >= 11 is 5.18. The topological polar surface area (TPSA) is 35.2 Å². The van der Waals surface area contributed by atoms with Crippen molar-refractivity contribution in [1.82, 2.24) is 0 Å². The Hall–Kier alpha value is -1.09. The molecule has 2 N–H and O–H groups in total. The van der Waals surface area contributed by atoms with Gasteiger partial charge >= 0.3 is 0 Å². The van der Waals surface area contributed by atoms with Gasteiger partial charge < -0.3 is 10.5 Å². The lowest BCUT2D eigenvalue weighted by atomic mass is 9.75. The lowest BCUT2D eigenvalue weighted by Crippen LogP contribution is -2.36. The van der Waals surface area contributed by atoms with Crippen molar-refractivity contribution in [3.8, 4) is 5.75 Å². The van der Waals surface area contributed by atoms with Gasteiger partial charge in [-0.1, -0.05) is 51.0 Å². The molecule has 0 aliphatic heterocycles. The Kier molecular flexibility index (Phi) is 5.26. The van der Waals surface area contributed by atoms with Crippen LogP contribution in [0.15, 0.2) is 18.2 Å². The molecule has 0 spiro atoms. The normalized spacial score (nSPS) is 25.9. The summed E-state index contributed by atoms with van der Waals surface area (Å²) in [6, 6.07) is 6.10. The first-order chi connectivity index (χ1) is 9.88. The standard InChI is InChI=1S/C18H27NOS/c1-11(2)14-7-5-13(4)10-17(14)20-16-8-6-12(3)9-15(16)18(19)21/h6,8-9,11,13-14,17H,5,7,10H2,1-4H3,(H2,19,21). The zero-order valence-corrected chi connectivity index (χ0v) is 14.4. The van der Waals surface area contributed by atoms with E-state index in [-0.39, 0.29) is 6.10 Å². The van der Waals surface area contributed by atoms with E-state index in [1.165, 1.54) is 12.8 Å². The SMILES string of the molecule is Cc1ccc(OC2CC(C)CCC2C(C)C)c(C(N)=S)c1. The molecule has 3 atom stereocenters. The average Bonchev–Trinajstić information content (AvgIpc) is 2.40. The zero-order chi connectivity index (χ0) is 15.6. The van der Waals surface area contributed by atoms with E-state index in [0.29, 0.717) is 16.8 Å². The lowest BCUT2D eigenvalue weighted by molar-refractivity contribution is 0.0459. The van der Waals surface area contributed by atoms with Crippen molar-refractivity contribution in [1.29, 1.82) is 0 Å². The second-order valence-corrected chi connectivity index (χ2v) is 7.29. The molecule has 2 nitrogen and oxygen atoms in total. The summed E-state index contributed by atoms with van der Waals surface area (Å²) in [5.41, 5.74) is 7.88. The highest BCUT2D eigenvalue weighted by molar-refractivity contribution is 7.80. The first kappa shape index (κ1) is 16.3. The second kappa shape index (κ2) is 6.78. The maximum absolute atomic E-state index is 6.38. The molecule has 0 radical (unpaired) electrons. The molecule has 0 saturated heterocycles. The summed E-state index contributed by atoms with van der Waals surface area (Å²) in [4.78, 5) is 0.415. The van der Waals surface area contributed by atoms with Crippen molar-refractivity contribution in [2.75, 3.05) is 0 Å². The highest BCUT2D eigenvalue weighted by Crippen LogP contribution is 2.36.